The number of carbonyl (C=O) groups excluding carboxylic acids is 2. The summed E-state index contributed by atoms with van der Waals surface area (Å²) in [5.74, 6) is 0.0934. The highest BCUT2D eigenvalue weighted by atomic mass is 79.9. The molecular formula is C22H28BrN3O4. The number of amides is 2. The van der Waals surface area contributed by atoms with E-state index in [9.17, 15) is 9.59 Å². The highest BCUT2D eigenvalue weighted by molar-refractivity contribution is 9.10. The molecule has 1 saturated carbocycles. The Labute approximate surface area is 185 Å². The molecule has 162 valence electrons. The number of pyridine rings is 1. The third kappa shape index (κ3) is 4.75. The smallest absolute Gasteiger partial charge is 0.411 e. The fourth-order valence-corrected chi connectivity index (χ4v) is 4.21. The van der Waals surface area contributed by atoms with Gasteiger partial charge in [-0.2, -0.15) is 0 Å². The van der Waals surface area contributed by atoms with Crippen molar-refractivity contribution in [3.63, 3.8) is 0 Å². The molecule has 1 saturated heterocycles. The van der Waals surface area contributed by atoms with Crippen LogP contribution < -0.4 is 5.32 Å². The first-order chi connectivity index (χ1) is 14.1. The van der Waals surface area contributed by atoms with Crippen LogP contribution in [0, 0.1) is 5.41 Å². The molecule has 2 fully saturated rings. The van der Waals surface area contributed by atoms with Crippen LogP contribution in [0.3, 0.4) is 0 Å². The molecule has 0 radical (unpaired) electrons. The second-order valence-corrected chi connectivity index (χ2v) is 9.57. The normalized spacial score (nSPS) is 24.7. The second kappa shape index (κ2) is 8.51. The average Bonchev–Trinajstić information content (AvgIpc) is 3.24. The molecule has 3 rings (SSSR count). The van der Waals surface area contributed by atoms with Crippen molar-refractivity contribution in [2.45, 2.75) is 51.3 Å². The number of aromatic nitrogens is 1. The van der Waals surface area contributed by atoms with Gasteiger partial charge in [-0.15, -0.1) is 6.58 Å². The van der Waals surface area contributed by atoms with Crippen LogP contribution in [0.1, 0.15) is 39.2 Å². The fraction of sp³-hybridized carbons (Fsp3) is 0.500. The third-order valence-corrected chi connectivity index (χ3v) is 5.75. The summed E-state index contributed by atoms with van der Waals surface area (Å²) in [5, 5.41) is 2.86. The van der Waals surface area contributed by atoms with Gasteiger partial charge in [-0.3, -0.25) is 9.69 Å². The van der Waals surface area contributed by atoms with Crippen LogP contribution in [0.4, 0.5) is 10.6 Å². The number of carbonyl (C=O) groups is 2. The van der Waals surface area contributed by atoms with Crippen molar-refractivity contribution in [2.75, 3.05) is 18.5 Å². The molecule has 2 amide bonds. The van der Waals surface area contributed by atoms with Crippen LogP contribution in [0.2, 0.25) is 0 Å². The Morgan fingerprint density at radius 1 is 1.37 bits per heavy atom. The predicted octanol–water partition coefficient (Wildman–Crippen LogP) is 4.40. The van der Waals surface area contributed by atoms with Crippen LogP contribution in [0.15, 0.2) is 36.0 Å². The van der Waals surface area contributed by atoms with Gasteiger partial charge in [0.2, 0.25) is 5.91 Å². The number of ether oxygens (including phenoxy) is 2. The number of halogens is 1. The molecule has 2 aliphatic rings. The van der Waals surface area contributed by atoms with Crippen molar-refractivity contribution in [3.8, 4) is 0 Å². The van der Waals surface area contributed by atoms with Crippen LogP contribution in [0.25, 0.3) is 6.08 Å². The van der Waals surface area contributed by atoms with E-state index < -0.39 is 17.7 Å². The van der Waals surface area contributed by atoms with Gasteiger partial charge in [-0.25, -0.2) is 9.78 Å². The molecule has 1 N–H and O–H groups in total. The van der Waals surface area contributed by atoms with E-state index in [0.717, 1.165) is 6.42 Å². The van der Waals surface area contributed by atoms with Crippen molar-refractivity contribution in [1.82, 2.24) is 9.88 Å². The van der Waals surface area contributed by atoms with E-state index in [4.69, 9.17) is 9.47 Å². The summed E-state index contributed by atoms with van der Waals surface area (Å²) in [4.78, 5) is 32.1. The van der Waals surface area contributed by atoms with Gasteiger partial charge in [0.1, 0.15) is 22.1 Å². The zero-order valence-electron chi connectivity index (χ0n) is 17.6. The molecule has 0 unspecified atom stereocenters. The largest absolute Gasteiger partial charge is 0.444 e. The maximum absolute atomic E-state index is 13.2. The van der Waals surface area contributed by atoms with Gasteiger partial charge in [0.25, 0.3) is 0 Å². The molecule has 0 aromatic carbocycles. The number of piperidine rings is 1. The first-order valence-corrected chi connectivity index (χ1v) is 10.7. The lowest BCUT2D eigenvalue weighted by Gasteiger charge is -2.29. The molecule has 8 heteroatoms. The van der Waals surface area contributed by atoms with Crippen molar-refractivity contribution in [2.24, 2.45) is 5.41 Å². The van der Waals surface area contributed by atoms with Crippen molar-refractivity contribution >= 4 is 39.8 Å². The molecular weight excluding hydrogens is 450 g/mol. The summed E-state index contributed by atoms with van der Waals surface area (Å²) in [7, 11) is 0. The van der Waals surface area contributed by atoms with Gasteiger partial charge >= 0.3 is 6.09 Å². The number of nitrogens with one attached hydrogen (secondary N) is 1. The summed E-state index contributed by atoms with van der Waals surface area (Å²) in [5.41, 5.74) is -0.185. The van der Waals surface area contributed by atoms with Crippen LogP contribution in [-0.4, -0.2) is 52.8 Å². The standard InChI is InChI=1S/C22H28BrN3O4/c1-6-10-29-13-22-11-15(26(16(22)12-22)20(28)30-21(3,4)5)19(27)25-18-14(7-2)8-9-17(23)24-18/h6-9,15-16H,1-2,10-13H2,3-5H3,(H,24,25,27)/t15-,16+,22-/m0/s1. The van der Waals surface area contributed by atoms with E-state index in [1.165, 1.54) is 0 Å². The summed E-state index contributed by atoms with van der Waals surface area (Å²) < 4.78 is 11.9. The molecule has 1 aromatic heterocycles. The maximum atomic E-state index is 13.2. The SMILES string of the molecule is C=CCOC[C@@]12C[C@@H](C(=O)Nc3nc(Br)ccc3C=C)N(C(=O)OC(C)(C)C)[C@@H]1C2. The van der Waals surface area contributed by atoms with Gasteiger partial charge in [-0.1, -0.05) is 18.7 Å². The van der Waals surface area contributed by atoms with Crippen molar-refractivity contribution in [3.05, 3.63) is 41.5 Å². The zero-order valence-corrected chi connectivity index (χ0v) is 19.2. The highest BCUT2D eigenvalue weighted by Crippen LogP contribution is 2.60. The van der Waals surface area contributed by atoms with Crippen molar-refractivity contribution in [1.29, 1.82) is 0 Å². The monoisotopic (exact) mass is 477 g/mol. The van der Waals surface area contributed by atoms with Gasteiger partial charge in [0, 0.05) is 17.0 Å². The fourth-order valence-electron chi connectivity index (χ4n) is 3.90. The lowest BCUT2D eigenvalue weighted by molar-refractivity contribution is -0.121. The number of anilines is 1. The molecule has 3 atom stereocenters. The zero-order chi connectivity index (χ0) is 22.1. The Morgan fingerprint density at radius 2 is 2.10 bits per heavy atom. The minimum atomic E-state index is -0.663. The Balaban J connectivity index is 1.82. The summed E-state index contributed by atoms with van der Waals surface area (Å²) >= 11 is 3.32. The minimum Gasteiger partial charge on any atom is -0.444 e. The number of hydrogen-bond donors (Lipinski definition) is 1. The van der Waals surface area contributed by atoms with E-state index in [1.807, 2.05) is 26.8 Å². The molecule has 1 aliphatic carbocycles. The van der Waals surface area contributed by atoms with E-state index >= 15 is 0 Å². The van der Waals surface area contributed by atoms with E-state index in [1.54, 1.807) is 23.1 Å². The van der Waals surface area contributed by atoms with Gasteiger partial charge in [-0.05, 0) is 61.7 Å². The molecule has 0 spiro atoms. The van der Waals surface area contributed by atoms with Gasteiger partial charge in [0.15, 0.2) is 0 Å². The maximum Gasteiger partial charge on any atom is 0.411 e. The number of hydrogen-bond acceptors (Lipinski definition) is 5. The summed E-state index contributed by atoms with van der Waals surface area (Å²) in [6, 6.07) is 2.84. The Kier molecular flexibility index (Phi) is 6.38. The molecule has 0 bridgehead atoms. The topological polar surface area (TPSA) is 80.8 Å². The summed E-state index contributed by atoms with van der Waals surface area (Å²) in [6.45, 7) is 13.8. The second-order valence-electron chi connectivity index (χ2n) is 8.76. The summed E-state index contributed by atoms with van der Waals surface area (Å²) in [6.07, 6.45) is 4.13. The Morgan fingerprint density at radius 3 is 2.73 bits per heavy atom. The van der Waals surface area contributed by atoms with Gasteiger partial charge < -0.3 is 14.8 Å². The number of fused-ring (bicyclic) bond motifs is 1. The average molecular weight is 478 g/mol. The highest BCUT2D eigenvalue weighted by Gasteiger charge is 2.68. The number of nitrogens with zero attached hydrogens (tertiary/aromatic N) is 2. The molecule has 2 heterocycles. The van der Waals surface area contributed by atoms with E-state index in [0.29, 0.717) is 35.6 Å². The minimum absolute atomic E-state index is 0.0812. The Hall–Kier alpha value is -2.19. The molecule has 30 heavy (non-hydrogen) atoms. The quantitative estimate of drug-likeness (QED) is 0.357. The van der Waals surface area contributed by atoms with Crippen LogP contribution in [-0.2, 0) is 14.3 Å². The molecule has 1 aromatic rings. The molecule has 1 aliphatic heterocycles. The first-order valence-electron chi connectivity index (χ1n) is 9.90. The van der Waals surface area contributed by atoms with Crippen LogP contribution in [0.5, 0.6) is 0 Å². The third-order valence-electron chi connectivity index (χ3n) is 5.30. The Bertz CT molecular complexity index is 866. The van der Waals surface area contributed by atoms with Crippen LogP contribution >= 0.6 is 15.9 Å². The number of rotatable bonds is 7. The lowest BCUT2D eigenvalue weighted by atomic mass is 10.00. The number of likely N-dealkylation sites (tertiary alicyclic amines) is 1. The van der Waals surface area contributed by atoms with Gasteiger partial charge in [0.05, 0.1) is 13.2 Å². The lowest BCUT2D eigenvalue weighted by Crippen LogP contribution is -2.47. The molecule has 7 nitrogen and oxygen atoms in total. The van der Waals surface area contributed by atoms with E-state index in [-0.39, 0.29) is 17.4 Å². The predicted molar refractivity (Wildman–Crippen MR) is 119 cm³/mol. The van der Waals surface area contributed by atoms with E-state index in [2.05, 4.69) is 39.4 Å². The van der Waals surface area contributed by atoms with Crippen molar-refractivity contribution < 1.29 is 19.1 Å². The first kappa shape index (κ1) is 22.5.